The molecule has 0 radical (unpaired) electrons. The van der Waals surface area contributed by atoms with Crippen LogP contribution in [-0.2, 0) is 11.2 Å². The van der Waals surface area contributed by atoms with Crippen molar-refractivity contribution in [2.45, 2.75) is 20.3 Å². The lowest BCUT2D eigenvalue weighted by Crippen LogP contribution is -2.08. The van der Waals surface area contributed by atoms with Gasteiger partial charge in [0.2, 0.25) is 5.91 Å². The standard InChI is InChI=1S/C16H11Cl4NO/c1-6-3-4-8-5-9-11(10(8)12(6)17)14(19)15(20)16(13(9)18)21-7(2)22/h3-4H,5H2,1-2H3,(H,21,22). The van der Waals surface area contributed by atoms with Crippen LogP contribution in [0.2, 0.25) is 20.1 Å². The van der Waals surface area contributed by atoms with Crippen molar-refractivity contribution in [2.24, 2.45) is 0 Å². The number of rotatable bonds is 1. The van der Waals surface area contributed by atoms with Gasteiger partial charge in [-0.1, -0.05) is 58.5 Å². The number of anilines is 1. The van der Waals surface area contributed by atoms with Crippen LogP contribution in [0.4, 0.5) is 5.69 Å². The molecule has 0 aromatic heterocycles. The minimum atomic E-state index is -0.260. The van der Waals surface area contributed by atoms with Crippen molar-refractivity contribution in [1.29, 1.82) is 0 Å². The number of amides is 1. The molecule has 0 unspecified atom stereocenters. The molecule has 3 rings (SSSR count). The van der Waals surface area contributed by atoms with Gasteiger partial charge in [-0.3, -0.25) is 4.79 Å². The van der Waals surface area contributed by atoms with Gasteiger partial charge in [-0.25, -0.2) is 0 Å². The zero-order valence-electron chi connectivity index (χ0n) is 11.8. The highest BCUT2D eigenvalue weighted by Gasteiger charge is 2.30. The summed E-state index contributed by atoms with van der Waals surface area (Å²) in [6, 6.07) is 3.97. The van der Waals surface area contributed by atoms with Gasteiger partial charge in [0, 0.05) is 24.5 Å². The molecular formula is C16H11Cl4NO. The van der Waals surface area contributed by atoms with Gasteiger partial charge in [0.15, 0.2) is 0 Å². The van der Waals surface area contributed by atoms with E-state index in [0.717, 1.165) is 27.8 Å². The van der Waals surface area contributed by atoms with E-state index < -0.39 is 0 Å². The van der Waals surface area contributed by atoms with Crippen molar-refractivity contribution in [3.63, 3.8) is 0 Å². The molecule has 0 bridgehead atoms. The number of benzene rings is 2. The van der Waals surface area contributed by atoms with Crippen LogP contribution in [0.25, 0.3) is 11.1 Å². The van der Waals surface area contributed by atoms with Crippen LogP contribution in [-0.4, -0.2) is 5.91 Å². The fourth-order valence-electron chi connectivity index (χ4n) is 2.75. The normalized spacial score (nSPS) is 12.1. The number of carbonyl (C=O) groups excluding carboxylic acids is 1. The second-order valence-electron chi connectivity index (χ2n) is 5.26. The molecule has 2 aromatic carbocycles. The lowest BCUT2D eigenvalue weighted by atomic mass is 10.0. The van der Waals surface area contributed by atoms with Gasteiger partial charge in [0.25, 0.3) is 0 Å². The number of hydrogen-bond acceptors (Lipinski definition) is 1. The number of carbonyl (C=O) groups is 1. The van der Waals surface area contributed by atoms with E-state index in [1.165, 1.54) is 6.92 Å². The van der Waals surface area contributed by atoms with Crippen molar-refractivity contribution >= 4 is 58.0 Å². The molecule has 2 aromatic rings. The summed E-state index contributed by atoms with van der Waals surface area (Å²) in [5.41, 5.74) is 4.82. The monoisotopic (exact) mass is 373 g/mol. The highest BCUT2D eigenvalue weighted by molar-refractivity contribution is 6.49. The van der Waals surface area contributed by atoms with Crippen LogP contribution in [0.1, 0.15) is 23.6 Å². The topological polar surface area (TPSA) is 29.1 Å². The van der Waals surface area contributed by atoms with Crippen LogP contribution in [0.15, 0.2) is 12.1 Å². The van der Waals surface area contributed by atoms with Gasteiger partial charge >= 0.3 is 0 Å². The van der Waals surface area contributed by atoms with Crippen LogP contribution in [0.3, 0.4) is 0 Å². The number of aryl methyl sites for hydroxylation is 1. The maximum absolute atomic E-state index is 11.4. The van der Waals surface area contributed by atoms with Gasteiger partial charge in [-0.05, 0) is 23.6 Å². The Bertz CT molecular complexity index is 830. The molecule has 0 heterocycles. The summed E-state index contributed by atoms with van der Waals surface area (Å²) >= 11 is 25.7. The highest BCUT2D eigenvalue weighted by Crippen LogP contribution is 2.53. The number of hydrogen-bond donors (Lipinski definition) is 1. The summed E-state index contributed by atoms with van der Waals surface area (Å²) in [6.07, 6.45) is 0.604. The molecule has 114 valence electrons. The minimum absolute atomic E-state index is 0.228. The Morgan fingerprint density at radius 3 is 2.32 bits per heavy atom. The van der Waals surface area contributed by atoms with E-state index in [1.54, 1.807) is 0 Å². The Hall–Kier alpha value is -0.930. The predicted octanol–water partition coefficient (Wildman–Crippen LogP) is 6.14. The molecule has 1 N–H and O–H groups in total. The number of fused-ring (bicyclic) bond motifs is 3. The molecule has 1 amide bonds. The second kappa shape index (κ2) is 5.61. The smallest absolute Gasteiger partial charge is 0.221 e. The lowest BCUT2D eigenvalue weighted by molar-refractivity contribution is -0.114. The largest absolute Gasteiger partial charge is 0.324 e. The SMILES string of the molecule is CC(=O)Nc1c(Cl)c(Cl)c2c(c1Cl)Cc1ccc(C)c(Cl)c1-2. The molecule has 1 aliphatic carbocycles. The molecule has 0 saturated carbocycles. The zero-order chi connectivity index (χ0) is 16.2. The van der Waals surface area contributed by atoms with E-state index in [0.29, 0.717) is 27.2 Å². The summed E-state index contributed by atoms with van der Waals surface area (Å²) in [7, 11) is 0. The third kappa shape index (κ3) is 2.30. The Kier molecular flexibility index (Phi) is 4.07. The van der Waals surface area contributed by atoms with E-state index in [2.05, 4.69) is 5.32 Å². The summed E-state index contributed by atoms with van der Waals surface area (Å²) in [6.45, 7) is 3.33. The van der Waals surface area contributed by atoms with Gasteiger partial charge in [-0.2, -0.15) is 0 Å². The van der Waals surface area contributed by atoms with Gasteiger partial charge in [0.05, 0.1) is 25.8 Å². The Morgan fingerprint density at radius 1 is 1.00 bits per heavy atom. The Morgan fingerprint density at radius 2 is 1.68 bits per heavy atom. The maximum atomic E-state index is 11.4. The molecule has 0 fully saturated rings. The first-order valence-electron chi connectivity index (χ1n) is 6.58. The molecule has 0 saturated heterocycles. The molecule has 6 heteroatoms. The third-order valence-electron chi connectivity index (χ3n) is 3.76. The van der Waals surface area contributed by atoms with E-state index in [9.17, 15) is 4.79 Å². The van der Waals surface area contributed by atoms with Crippen LogP contribution < -0.4 is 5.32 Å². The summed E-state index contributed by atoms with van der Waals surface area (Å²) in [5, 5.41) is 4.29. The Balaban J connectivity index is 2.33. The van der Waals surface area contributed by atoms with Gasteiger partial charge in [-0.15, -0.1) is 0 Å². The second-order valence-corrected chi connectivity index (χ2v) is 6.77. The van der Waals surface area contributed by atoms with Crippen molar-refractivity contribution in [2.75, 3.05) is 5.32 Å². The average molecular weight is 375 g/mol. The van der Waals surface area contributed by atoms with Crippen LogP contribution in [0, 0.1) is 6.92 Å². The Labute approximate surface area is 148 Å². The van der Waals surface area contributed by atoms with Crippen LogP contribution in [0.5, 0.6) is 0 Å². The van der Waals surface area contributed by atoms with Crippen molar-refractivity contribution in [3.05, 3.63) is 48.9 Å². The fraction of sp³-hybridized carbons (Fsp3) is 0.188. The van der Waals surface area contributed by atoms with E-state index in [-0.39, 0.29) is 10.9 Å². The zero-order valence-corrected chi connectivity index (χ0v) is 14.8. The highest BCUT2D eigenvalue weighted by atomic mass is 35.5. The molecule has 1 aliphatic rings. The van der Waals surface area contributed by atoms with E-state index in [4.69, 9.17) is 46.4 Å². The third-order valence-corrected chi connectivity index (χ3v) is 5.51. The first-order valence-corrected chi connectivity index (χ1v) is 8.09. The summed E-state index contributed by atoms with van der Waals surface area (Å²) < 4.78 is 0. The summed E-state index contributed by atoms with van der Waals surface area (Å²) in [5.74, 6) is -0.260. The minimum Gasteiger partial charge on any atom is -0.324 e. The number of nitrogens with one attached hydrogen (secondary N) is 1. The fourth-order valence-corrected chi connectivity index (χ4v) is 3.92. The van der Waals surface area contributed by atoms with Crippen molar-refractivity contribution in [1.82, 2.24) is 0 Å². The van der Waals surface area contributed by atoms with Crippen molar-refractivity contribution in [3.8, 4) is 11.1 Å². The average Bonchev–Trinajstić information content (AvgIpc) is 2.85. The first kappa shape index (κ1) is 15.9. The maximum Gasteiger partial charge on any atom is 0.221 e. The predicted molar refractivity (Wildman–Crippen MR) is 93.8 cm³/mol. The van der Waals surface area contributed by atoms with Crippen LogP contribution >= 0.6 is 46.4 Å². The summed E-state index contributed by atoms with van der Waals surface area (Å²) in [4.78, 5) is 11.4. The quantitative estimate of drug-likeness (QED) is 0.509. The van der Waals surface area contributed by atoms with Gasteiger partial charge < -0.3 is 5.32 Å². The number of halogens is 4. The molecule has 0 atom stereocenters. The first-order chi connectivity index (χ1) is 10.3. The molecule has 0 aliphatic heterocycles. The van der Waals surface area contributed by atoms with Crippen molar-refractivity contribution < 1.29 is 4.79 Å². The molecule has 0 spiro atoms. The molecule has 22 heavy (non-hydrogen) atoms. The lowest BCUT2D eigenvalue weighted by Gasteiger charge is -2.15. The molecular weight excluding hydrogens is 364 g/mol. The van der Waals surface area contributed by atoms with Gasteiger partial charge in [0.1, 0.15) is 0 Å². The molecule has 2 nitrogen and oxygen atoms in total. The van der Waals surface area contributed by atoms with E-state index in [1.807, 2.05) is 19.1 Å². The van der Waals surface area contributed by atoms with E-state index >= 15 is 0 Å².